The molecule has 0 spiro atoms. The van der Waals surface area contributed by atoms with Crippen LogP contribution in [0, 0.1) is 0 Å². The molecule has 0 bridgehead atoms. The molecule has 0 N–H and O–H groups in total. The zero-order valence-electron chi connectivity index (χ0n) is 16.0. The van der Waals surface area contributed by atoms with Crippen molar-refractivity contribution in [3.8, 4) is 5.95 Å². The van der Waals surface area contributed by atoms with Crippen molar-refractivity contribution >= 4 is 5.91 Å². The van der Waals surface area contributed by atoms with Crippen LogP contribution in [0.4, 0.5) is 0 Å². The number of carbonyl (C=O) groups excluding carboxylic acids is 1. The number of amides is 1. The number of morpholine rings is 1. The number of hydrogen-bond donors (Lipinski definition) is 0. The van der Waals surface area contributed by atoms with Gasteiger partial charge in [0.05, 0.1) is 18.0 Å². The molecule has 1 saturated heterocycles. The normalized spacial score (nSPS) is 16.9. The number of nitrogens with zero attached hydrogens (tertiary/aromatic N) is 3. The van der Waals surface area contributed by atoms with E-state index in [1.54, 1.807) is 4.90 Å². The number of carbonyl (C=O) groups is 1. The van der Waals surface area contributed by atoms with Gasteiger partial charge in [-0.25, -0.2) is 0 Å². The van der Waals surface area contributed by atoms with E-state index in [-0.39, 0.29) is 24.5 Å². The molecule has 150 valence electrons. The number of hydrogen-bond acceptors (Lipinski definition) is 5. The largest absolute Gasteiger partial charge is 0.539 e. The fraction of sp³-hybridized carbons (Fsp3) is 0.318. The molecule has 1 fully saturated rings. The quantitative estimate of drug-likeness (QED) is 0.593. The highest BCUT2D eigenvalue weighted by molar-refractivity contribution is 5.74. The van der Waals surface area contributed by atoms with Crippen molar-refractivity contribution in [1.82, 2.24) is 10.2 Å². The van der Waals surface area contributed by atoms with Gasteiger partial charge in [-0.15, -0.1) is 0 Å². The van der Waals surface area contributed by atoms with E-state index in [2.05, 4.69) is 34.1 Å². The highest BCUT2D eigenvalue weighted by Crippen LogP contribution is 2.30. The fourth-order valence-corrected chi connectivity index (χ4v) is 3.76. The van der Waals surface area contributed by atoms with E-state index < -0.39 is 5.95 Å². The average molecular weight is 393 g/mol. The average Bonchev–Trinajstić information content (AvgIpc) is 3.18. The van der Waals surface area contributed by atoms with Crippen LogP contribution in [0.15, 0.2) is 71.4 Å². The molecule has 7 heteroatoms. The van der Waals surface area contributed by atoms with Crippen molar-refractivity contribution < 1.29 is 23.8 Å². The predicted octanol–water partition coefficient (Wildman–Crippen LogP) is 1.49. The first-order chi connectivity index (χ1) is 14.2. The molecule has 1 amide bonds. The van der Waals surface area contributed by atoms with Crippen LogP contribution < -0.4 is 9.79 Å². The molecular formula is C22H23N3O4. The molecule has 1 aromatic heterocycles. The van der Waals surface area contributed by atoms with Gasteiger partial charge in [0.15, 0.2) is 0 Å². The minimum atomic E-state index is -0.564. The summed E-state index contributed by atoms with van der Waals surface area (Å²) in [7, 11) is 0. The van der Waals surface area contributed by atoms with E-state index in [9.17, 15) is 9.90 Å². The number of rotatable bonds is 6. The molecular weight excluding hydrogens is 370 g/mol. The van der Waals surface area contributed by atoms with Crippen molar-refractivity contribution in [3.63, 3.8) is 0 Å². The summed E-state index contributed by atoms with van der Waals surface area (Å²) in [4.78, 5) is 14.4. The lowest BCUT2D eigenvalue weighted by atomic mass is 9.86. The Balaban J connectivity index is 1.46. The van der Waals surface area contributed by atoms with Crippen molar-refractivity contribution in [1.29, 1.82) is 0 Å². The third-order valence-corrected chi connectivity index (χ3v) is 5.18. The van der Waals surface area contributed by atoms with Crippen molar-refractivity contribution in [2.75, 3.05) is 19.7 Å². The van der Waals surface area contributed by atoms with Crippen LogP contribution in [-0.4, -0.2) is 41.9 Å². The first-order valence-electron chi connectivity index (χ1n) is 9.72. The molecule has 1 aliphatic heterocycles. The summed E-state index contributed by atoms with van der Waals surface area (Å²) in [6, 6.07) is 20.7. The molecule has 3 aromatic rings. The lowest BCUT2D eigenvalue weighted by molar-refractivity contribution is -0.751. The third-order valence-electron chi connectivity index (χ3n) is 5.18. The maximum Gasteiger partial charge on any atom is 0.291 e. The van der Waals surface area contributed by atoms with Crippen LogP contribution in [-0.2, 0) is 16.1 Å². The monoisotopic (exact) mass is 393 g/mol. The molecule has 0 saturated carbocycles. The standard InChI is InChI=1S/C22H23N3O4/c26-21(15-25-16-22(27)29-23-25)24-11-12-28-19(14-24)13-20(17-7-3-1-4-8-17)18-9-5-2-6-10-18/h1-10,16,19-20H,11-15H2. The van der Waals surface area contributed by atoms with Crippen LogP contribution in [0.3, 0.4) is 0 Å². The van der Waals surface area contributed by atoms with Crippen LogP contribution in [0.5, 0.6) is 5.95 Å². The maximum atomic E-state index is 12.6. The zero-order chi connectivity index (χ0) is 20.1. The van der Waals surface area contributed by atoms with Gasteiger partial charge in [0.1, 0.15) is 5.95 Å². The topological polar surface area (TPSA) is 82.5 Å². The van der Waals surface area contributed by atoms with Crippen LogP contribution in [0.25, 0.3) is 0 Å². The zero-order valence-corrected chi connectivity index (χ0v) is 16.0. The Bertz CT molecular complexity index is 890. The lowest BCUT2D eigenvalue weighted by Crippen LogP contribution is -2.51. The van der Waals surface area contributed by atoms with Crippen LogP contribution in [0.1, 0.15) is 23.5 Å². The number of ether oxygens (including phenoxy) is 1. The molecule has 1 atom stereocenters. The van der Waals surface area contributed by atoms with Gasteiger partial charge >= 0.3 is 0 Å². The summed E-state index contributed by atoms with van der Waals surface area (Å²) in [6.45, 7) is 1.51. The molecule has 0 radical (unpaired) electrons. The van der Waals surface area contributed by atoms with Crippen molar-refractivity contribution in [2.24, 2.45) is 0 Å². The molecule has 2 heterocycles. The molecule has 29 heavy (non-hydrogen) atoms. The third kappa shape index (κ3) is 4.81. The first kappa shape index (κ1) is 19.1. The Morgan fingerprint density at radius 3 is 2.38 bits per heavy atom. The summed E-state index contributed by atoms with van der Waals surface area (Å²) in [6.07, 6.45) is 1.88. The Morgan fingerprint density at radius 2 is 1.79 bits per heavy atom. The second-order valence-electron chi connectivity index (χ2n) is 7.16. The predicted molar refractivity (Wildman–Crippen MR) is 102 cm³/mol. The smallest absolute Gasteiger partial charge is 0.291 e. The van der Waals surface area contributed by atoms with Gasteiger partial charge in [-0.1, -0.05) is 65.3 Å². The summed E-state index contributed by atoms with van der Waals surface area (Å²) < 4.78 is 11.7. The van der Waals surface area contributed by atoms with Crippen molar-refractivity contribution in [2.45, 2.75) is 25.0 Å². The summed E-state index contributed by atoms with van der Waals surface area (Å²) >= 11 is 0. The molecule has 2 aromatic carbocycles. The van der Waals surface area contributed by atoms with Crippen LogP contribution in [0.2, 0.25) is 0 Å². The van der Waals surface area contributed by atoms with E-state index in [1.807, 2.05) is 36.4 Å². The maximum absolute atomic E-state index is 12.6. The lowest BCUT2D eigenvalue weighted by Gasteiger charge is -2.34. The molecule has 1 unspecified atom stereocenters. The van der Waals surface area contributed by atoms with Gasteiger partial charge in [0.2, 0.25) is 6.20 Å². The minimum absolute atomic E-state index is 0.0146. The van der Waals surface area contributed by atoms with Gasteiger partial charge in [-0.2, -0.15) is 0 Å². The van der Waals surface area contributed by atoms with E-state index in [0.29, 0.717) is 19.7 Å². The summed E-state index contributed by atoms with van der Waals surface area (Å²) in [5.74, 6) is -0.482. The Morgan fingerprint density at radius 1 is 1.14 bits per heavy atom. The molecule has 0 aliphatic carbocycles. The molecule has 1 aliphatic rings. The Hall–Kier alpha value is -3.19. The van der Waals surface area contributed by atoms with Gasteiger partial charge in [-0.05, 0) is 17.5 Å². The highest BCUT2D eigenvalue weighted by atomic mass is 16.6. The second-order valence-corrected chi connectivity index (χ2v) is 7.16. The Labute approximate surface area is 169 Å². The highest BCUT2D eigenvalue weighted by Gasteiger charge is 2.29. The van der Waals surface area contributed by atoms with E-state index in [1.165, 1.54) is 22.0 Å². The van der Waals surface area contributed by atoms with Crippen molar-refractivity contribution in [3.05, 3.63) is 78.0 Å². The van der Waals surface area contributed by atoms with Gasteiger partial charge < -0.3 is 19.3 Å². The van der Waals surface area contributed by atoms with Gasteiger partial charge in [0.25, 0.3) is 12.5 Å². The summed E-state index contributed by atoms with van der Waals surface area (Å²) in [5, 5.41) is 14.6. The number of benzene rings is 2. The van der Waals surface area contributed by atoms with Gasteiger partial charge in [0, 0.05) is 19.0 Å². The molecule has 7 nitrogen and oxygen atoms in total. The van der Waals surface area contributed by atoms with Gasteiger partial charge in [-0.3, -0.25) is 4.79 Å². The van der Waals surface area contributed by atoms with E-state index >= 15 is 0 Å². The molecule has 4 rings (SSSR count). The first-order valence-corrected chi connectivity index (χ1v) is 9.72. The second kappa shape index (κ2) is 8.87. The van der Waals surface area contributed by atoms with Crippen LogP contribution >= 0.6 is 0 Å². The number of aromatic nitrogens is 2. The fourth-order valence-electron chi connectivity index (χ4n) is 3.76. The summed E-state index contributed by atoms with van der Waals surface area (Å²) in [5.41, 5.74) is 2.46. The van der Waals surface area contributed by atoms with E-state index in [4.69, 9.17) is 4.74 Å². The Kier molecular flexibility index (Phi) is 5.86. The SMILES string of the molecule is O=C(C[n+]1cc([O-])on1)N1CCOC(CC(c2ccccc2)c2ccccc2)C1. The minimum Gasteiger partial charge on any atom is -0.539 e. The van der Waals surface area contributed by atoms with E-state index in [0.717, 1.165) is 6.42 Å².